The highest BCUT2D eigenvalue weighted by Gasteiger charge is 2.18. The number of guanidine groups is 1. The van der Waals surface area contributed by atoms with Crippen molar-refractivity contribution in [3.63, 3.8) is 0 Å². The van der Waals surface area contributed by atoms with Crippen LogP contribution in [0, 0.1) is 0 Å². The third-order valence-electron chi connectivity index (χ3n) is 5.24. The van der Waals surface area contributed by atoms with Crippen LogP contribution in [0.3, 0.4) is 0 Å². The van der Waals surface area contributed by atoms with E-state index in [-0.39, 0.29) is 17.8 Å². The molecule has 5 N–H and O–H groups in total. The van der Waals surface area contributed by atoms with Gasteiger partial charge in [0, 0.05) is 17.0 Å². The van der Waals surface area contributed by atoms with Gasteiger partial charge < -0.3 is 16.8 Å². The molecule has 0 radical (unpaired) electrons. The van der Waals surface area contributed by atoms with Crippen LogP contribution in [0.4, 0.5) is 5.82 Å². The van der Waals surface area contributed by atoms with E-state index in [1.807, 2.05) is 54.6 Å². The first-order chi connectivity index (χ1) is 15.1. The van der Waals surface area contributed by atoms with Gasteiger partial charge >= 0.3 is 0 Å². The van der Waals surface area contributed by atoms with E-state index in [0.29, 0.717) is 11.6 Å². The van der Waals surface area contributed by atoms with Crippen LogP contribution in [0.5, 0.6) is 0 Å². The molecule has 1 amide bonds. The topological polar surface area (TPSA) is 132 Å². The Labute approximate surface area is 180 Å². The highest BCUT2D eigenvalue weighted by molar-refractivity contribution is 6.38. The summed E-state index contributed by atoms with van der Waals surface area (Å²) in [4.78, 5) is 29.9. The molecule has 1 aliphatic carbocycles. The quantitative estimate of drug-likeness (QED) is 0.447. The molecule has 31 heavy (non-hydrogen) atoms. The van der Waals surface area contributed by atoms with E-state index in [1.165, 1.54) is 6.42 Å². The summed E-state index contributed by atoms with van der Waals surface area (Å²) >= 11 is 0. The monoisotopic (exact) mass is 415 g/mol. The zero-order chi connectivity index (χ0) is 21.6. The number of fused-ring (bicyclic) bond motifs is 1. The fraction of sp³-hybridized carbons (Fsp3) is 0.261. The molecule has 1 heterocycles. The summed E-state index contributed by atoms with van der Waals surface area (Å²) in [6.45, 7) is 0. The van der Waals surface area contributed by atoms with Crippen LogP contribution in [0.25, 0.3) is 22.3 Å². The fourth-order valence-electron chi connectivity index (χ4n) is 3.68. The smallest absolute Gasteiger partial charge is 0.286 e. The highest BCUT2D eigenvalue weighted by atomic mass is 16.2. The summed E-state index contributed by atoms with van der Waals surface area (Å²) < 4.78 is 0. The Morgan fingerprint density at radius 2 is 1.65 bits per heavy atom. The second-order valence-electron chi connectivity index (χ2n) is 7.53. The van der Waals surface area contributed by atoms with Crippen LogP contribution >= 0.6 is 0 Å². The number of hydrogen-bond acceptors (Lipinski definition) is 4. The largest absolute Gasteiger partial charge is 0.379 e. The van der Waals surface area contributed by atoms with E-state index >= 15 is 0 Å². The van der Waals surface area contributed by atoms with E-state index in [9.17, 15) is 4.79 Å². The zero-order valence-electron chi connectivity index (χ0n) is 17.2. The van der Waals surface area contributed by atoms with Crippen LogP contribution in [-0.2, 0) is 4.79 Å². The molecule has 8 heteroatoms. The number of nitrogens with two attached hydrogens (primary N) is 2. The van der Waals surface area contributed by atoms with E-state index in [2.05, 4.69) is 25.3 Å². The van der Waals surface area contributed by atoms with Crippen molar-refractivity contribution in [2.45, 2.75) is 38.1 Å². The second-order valence-corrected chi connectivity index (χ2v) is 7.53. The molecule has 1 aliphatic rings. The van der Waals surface area contributed by atoms with Crippen molar-refractivity contribution in [2.75, 3.05) is 0 Å². The summed E-state index contributed by atoms with van der Waals surface area (Å²) in [5.41, 5.74) is 13.5. The van der Waals surface area contributed by atoms with Gasteiger partial charge in [-0.2, -0.15) is 9.98 Å². The second kappa shape index (κ2) is 9.34. The summed E-state index contributed by atoms with van der Waals surface area (Å²) in [6, 6.07) is 17.3. The van der Waals surface area contributed by atoms with Gasteiger partial charge in [0.1, 0.15) is 0 Å². The molecule has 0 aliphatic heterocycles. The van der Waals surface area contributed by atoms with Crippen LogP contribution in [0.15, 0.2) is 64.6 Å². The van der Waals surface area contributed by atoms with Crippen LogP contribution in [0.2, 0.25) is 0 Å². The number of amidine groups is 1. The minimum absolute atomic E-state index is 0.132. The number of para-hydroxylation sites is 1. The molecule has 0 atom stereocenters. The minimum atomic E-state index is -0.428. The summed E-state index contributed by atoms with van der Waals surface area (Å²) in [5.74, 6) is 0.110. The van der Waals surface area contributed by atoms with Crippen molar-refractivity contribution in [1.82, 2.24) is 15.3 Å². The molecular weight excluding hydrogens is 390 g/mol. The normalized spacial score (nSPS) is 15.7. The standard InChI is InChI=1S/C23H25N7O/c24-19(22(31)26-16-11-5-2-6-12-16)28-23(25)30-21-17-13-7-8-14-18(17)27-20(29-21)15-9-3-1-4-10-15/h1,3-4,7-10,13-14,16H,2,5-6,11-12H2,(H,26,31)(H4,24,25,27,28,29,30). The number of carbonyl (C=O) groups excluding carboxylic acids is 1. The number of aliphatic imine (C=N–C) groups is 2. The first kappa shape index (κ1) is 20.5. The van der Waals surface area contributed by atoms with Gasteiger partial charge in [0.15, 0.2) is 17.5 Å². The number of aromatic nitrogens is 2. The molecule has 8 nitrogen and oxygen atoms in total. The Morgan fingerprint density at radius 1 is 0.935 bits per heavy atom. The minimum Gasteiger partial charge on any atom is -0.379 e. The lowest BCUT2D eigenvalue weighted by Gasteiger charge is -2.22. The van der Waals surface area contributed by atoms with Gasteiger partial charge in [0.05, 0.1) is 5.52 Å². The van der Waals surface area contributed by atoms with Gasteiger partial charge in [-0.3, -0.25) is 4.79 Å². The molecule has 1 fully saturated rings. The maximum Gasteiger partial charge on any atom is 0.286 e. The van der Waals surface area contributed by atoms with Gasteiger partial charge in [-0.05, 0) is 25.0 Å². The number of rotatable bonds is 3. The Bertz CT molecular complexity index is 1140. The molecule has 158 valence electrons. The lowest BCUT2D eigenvalue weighted by atomic mass is 9.95. The molecule has 1 saturated carbocycles. The average Bonchev–Trinajstić information content (AvgIpc) is 2.80. The Morgan fingerprint density at radius 3 is 2.42 bits per heavy atom. The van der Waals surface area contributed by atoms with Crippen molar-refractivity contribution in [3.8, 4) is 11.4 Å². The summed E-state index contributed by atoms with van der Waals surface area (Å²) in [6.07, 6.45) is 5.33. The van der Waals surface area contributed by atoms with E-state index in [0.717, 1.165) is 42.1 Å². The average molecular weight is 416 g/mol. The lowest BCUT2D eigenvalue weighted by molar-refractivity contribution is -0.115. The molecule has 0 saturated heterocycles. The maximum absolute atomic E-state index is 12.3. The van der Waals surface area contributed by atoms with E-state index < -0.39 is 5.91 Å². The number of benzene rings is 2. The SMILES string of the molecule is NC(=Nc1nc(-c2ccccc2)nc2ccccc12)/N=C(\N)C(=O)NC1CCCCC1. The zero-order valence-corrected chi connectivity index (χ0v) is 17.2. The van der Waals surface area contributed by atoms with E-state index in [1.54, 1.807) is 0 Å². The molecular formula is C23H25N7O. The van der Waals surface area contributed by atoms with Gasteiger partial charge in [-0.1, -0.05) is 61.7 Å². The number of nitrogens with zero attached hydrogens (tertiary/aromatic N) is 4. The molecule has 0 bridgehead atoms. The summed E-state index contributed by atoms with van der Waals surface area (Å²) in [5, 5.41) is 3.64. The number of nitrogens with one attached hydrogen (secondary N) is 1. The third kappa shape index (κ3) is 5.03. The molecule has 2 aromatic carbocycles. The number of amides is 1. The number of hydrogen-bond donors (Lipinski definition) is 3. The first-order valence-electron chi connectivity index (χ1n) is 10.4. The van der Waals surface area contributed by atoms with Crippen LogP contribution in [0.1, 0.15) is 32.1 Å². The first-order valence-corrected chi connectivity index (χ1v) is 10.4. The van der Waals surface area contributed by atoms with Gasteiger partial charge in [-0.15, -0.1) is 0 Å². The van der Waals surface area contributed by atoms with Crippen molar-refractivity contribution < 1.29 is 4.79 Å². The summed E-state index contributed by atoms with van der Waals surface area (Å²) in [7, 11) is 0. The number of carbonyl (C=O) groups is 1. The Balaban J connectivity index is 1.62. The third-order valence-corrected chi connectivity index (χ3v) is 5.24. The Kier molecular flexibility index (Phi) is 6.16. The van der Waals surface area contributed by atoms with Crippen molar-refractivity contribution in [3.05, 3.63) is 54.6 Å². The molecule has 0 unspecified atom stereocenters. The van der Waals surface area contributed by atoms with Gasteiger partial charge in [0.2, 0.25) is 5.96 Å². The van der Waals surface area contributed by atoms with Crippen molar-refractivity contribution in [2.24, 2.45) is 21.5 Å². The fourth-order valence-corrected chi connectivity index (χ4v) is 3.68. The van der Waals surface area contributed by atoms with Gasteiger partial charge in [0.25, 0.3) is 5.91 Å². The molecule has 0 spiro atoms. The Hall–Kier alpha value is -3.81. The molecule has 4 rings (SSSR count). The van der Waals surface area contributed by atoms with Crippen molar-refractivity contribution in [1.29, 1.82) is 0 Å². The van der Waals surface area contributed by atoms with Crippen molar-refractivity contribution >= 4 is 34.4 Å². The van der Waals surface area contributed by atoms with Crippen LogP contribution in [-0.4, -0.2) is 33.7 Å². The van der Waals surface area contributed by atoms with Gasteiger partial charge in [-0.25, -0.2) is 9.97 Å². The maximum atomic E-state index is 12.3. The highest BCUT2D eigenvalue weighted by Crippen LogP contribution is 2.26. The lowest BCUT2D eigenvalue weighted by Crippen LogP contribution is -2.43. The van der Waals surface area contributed by atoms with Crippen LogP contribution < -0.4 is 16.8 Å². The predicted octanol–water partition coefficient (Wildman–Crippen LogP) is 3.05. The molecule has 1 aromatic heterocycles. The predicted molar refractivity (Wildman–Crippen MR) is 123 cm³/mol. The van der Waals surface area contributed by atoms with E-state index in [4.69, 9.17) is 11.5 Å². The molecule has 3 aromatic rings.